The second-order valence-electron chi connectivity index (χ2n) is 24.8. The molecule has 0 fully saturated rings. The largest absolute Gasteiger partial charge is 0.472 e. The summed E-state index contributed by atoms with van der Waals surface area (Å²) in [5.74, 6) is 0.748. The van der Waals surface area contributed by atoms with E-state index in [0.29, 0.717) is 31.6 Å². The number of aliphatic hydroxyl groups is 1. The Morgan fingerprint density at radius 2 is 0.578 bits per heavy atom. The van der Waals surface area contributed by atoms with Crippen molar-refractivity contribution >= 4 is 39.5 Å². The lowest BCUT2D eigenvalue weighted by Gasteiger charge is -2.21. The van der Waals surface area contributed by atoms with Gasteiger partial charge in [-0.2, -0.15) is 0 Å². The van der Waals surface area contributed by atoms with Crippen LogP contribution < -0.4 is 0 Å². The molecule has 19 heteroatoms. The molecule has 0 saturated carbocycles. The number of aliphatic hydroxyl groups excluding tert-OH is 1. The minimum atomic E-state index is -4.95. The van der Waals surface area contributed by atoms with Gasteiger partial charge in [-0.15, -0.1) is 0 Å². The van der Waals surface area contributed by atoms with Gasteiger partial charge in [0.2, 0.25) is 0 Å². The Morgan fingerprint density at radius 3 is 0.855 bits per heavy atom. The van der Waals surface area contributed by atoms with E-state index in [-0.39, 0.29) is 25.7 Å². The van der Waals surface area contributed by atoms with Crippen LogP contribution in [0.3, 0.4) is 0 Å². The first kappa shape index (κ1) is 81.1. The molecule has 17 nitrogen and oxygen atoms in total. The number of carbonyl (C=O) groups is 4. The van der Waals surface area contributed by atoms with Gasteiger partial charge < -0.3 is 33.8 Å². The van der Waals surface area contributed by atoms with Crippen LogP contribution in [0.2, 0.25) is 0 Å². The van der Waals surface area contributed by atoms with E-state index in [1.54, 1.807) is 0 Å². The number of hydrogen-bond donors (Lipinski definition) is 3. The Hall–Kier alpha value is -1.94. The van der Waals surface area contributed by atoms with E-state index in [1.165, 1.54) is 109 Å². The monoisotopic (exact) mass is 1230 g/mol. The zero-order chi connectivity index (χ0) is 61.8. The standard InChI is InChI=1S/C64H124O17P2/c1-9-57(8)43-35-27-18-12-15-20-29-37-45-62(67)74-50-59(80-63(68)46-38-30-21-14-11-17-25-33-41-55(4)5)52-78-82(70,71)76-48-58(65)49-77-83(72,73)79-53-60(81-64(69)47-39-31-23-22-26-34-42-56(6)7)51-75-61(66)44-36-28-19-13-10-16-24-32-40-54(2)3/h54-60,65H,9-53H2,1-8H3,(H,70,71)(H,72,73)/t57?,58?,59-,60-/m1/s1. The second-order valence-corrected chi connectivity index (χ2v) is 27.7. The van der Waals surface area contributed by atoms with E-state index in [2.05, 4.69) is 55.4 Å². The van der Waals surface area contributed by atoms with Gasteiger partial charge in [-0.05, 0) is 49.4 Å². The molecule has 0 rings (SSSR count). The van der Waals surface area contributed by atoms with Crippen LogP contribution in [-0.2, 0) is 65.4 Å². The molecule has 4 unspecified atom stereocenters. The molecule has 0 aliphatic heterocycles. The molecular formula is C64H124O17P2. The minimum absolute atomic E-state index is 0.101. The molecule has 0 aromatic carbocycles. The van der Waals surface area contributed by atoms with E-state index in [0.717, 1.165) is 108 Å². The van der Waals surface area contributed by atoms with Crippen LogP contribution in [-0.4, -0.2) is 96.7 Å². The fourth-order valence-electron chi connectivity index (χ4n) is 9.40. The number of esters is 4. The van der Waals surface area contributed by atoms with Gasteiger partial charge in [0.1, 0.15) is 19.3 Å². The van der Waals surface area contributed by atoms with Crippen molar-refractivity contribution in [2.24, 2.45) is 23.7 Å². The molecule has 0 amide bonds. The van der Waals surface area contributed by atoms with E-state index in [4.69, 9.17) is 37.0 Å². The molecule has 0 radical (unpaired) electrons. The third kappa shape index (κ3) is 57.6. The summed E-state index contributed by atoms with van der Waals surface area (Å²) in [7, 11) is -9.89. The van der Waals surface area contributed by atoms with Crippen LogP contribution in [0, 0.1) is 23.7 Å². The molecular weight excluding hydrogens is 1100 g/mol. The van der Waals surface area contributed by atoms with Gasteiger partial charge in [0.05, 0.1) is 26.4 Å². The third-order valence-corrected chi connectivity index (χ3v) is 16.8. The van der Waals surface area contributed by atoms with Crippen molar-refractivity contribution in [3.05, 3.63) is 0 Å². The van der Waals surface area contributed by atoms with E-state index < -0.39 is 97.5 Å². The normalized spacial score (nSPS) is 14.8. The average molecular weight is 1230 g/mol. The molecule has 0 heterocycles. The number of rotatable bonds is 61. The SMILES string of the molecule is CCC(C)CCCCCCCCCCC(=O)OC[C@H](COP(=O)(O)OCC(O)COP(=O)(O)OC[C@@H](COC(=O)CCCCCCCCCCC(C)C)OC(=O)CCCCCCCCC(C)C)OC(=O)CCCCCCCCCCC(C)C. The molecule has 6 atom stereocenters. The number of unbranched alkanes of at least 4 members (excludes halogenated alkanes) is 26. The molecule has 3 N–H and O–H groups in total. The van der Waals surface area contributed by atoms with E-state index in [1.807, 2.05) is 0 Å². The molecule has 0 aromatic rings. The van der Waals surface area contributed by atoms with Gasteiger partial charge >= 0.3 is 39.5 Å². The van der Waals surface area contributed by atoms with Gasteiger partial charge in [0, 0.05) is 25.7 Å². The van der Waals surface area contributed by atoms with Gasteiger partial charge in [0.15, 0.2) is 12.2 Å². The Bertz CT molecular complexity index is 1660. The smallest absolute Gasteiger partial charge is 0.462 e. The molecule has 0 spiro atoms. The van der Waals surface area contributed by atoms with Crippen molar-refractivity contribution in [1.82, 2.24) is 0 Å². The predicted octanol–water partition coefficient (Wildman–Crippen LogP) is 17.4. The van der Waals surface area contributed by atoms with E-state index in [9.17, 15) is 43.2 Å². The second kappa shape index (κ2) is 54.2. The predicted molar refractivity (Wildman–Crippen MR) is 331 cm³/mol. The van der Waals surface area contributed by atoms with Crippen molar-refractivity contribution in [2.75, 3.05) is 39.6 Å². The fourth-order valence-corrected chi connectivity index (χ4v) is 11.0. The Kier molecular flexibility index (Phi) is 53.0. The number of carbonyl (C=O) groups excluding carboxylic acids is 4. The summed E-state index contributed by atoms with van der Waals surface area (Å²) >= 11 is 0. The zero-order valence-electron chi connectivity index (χ0n) is 53.8. The number of hydrogen-bond acceptors (Lipinski definition) is 15. The van der Waals surface area contributed by atoms with Crippen molar-refractivity contribution < 1.29 is 80.2 Å². The highest BCUT2D eigenvalue weighted by Crippen LogP contribution is 2.45. The lowest BCUT2D eigenvalue weighted by Crippen LogP contribution is -2.30. The maximum atomic E-state index is 13.0. The van der Waals surface area contributed by atoms with E-state index >= 15 is 0 Å². The first-order valence-electron chi connectivity index (χ1n) is 33.2. The van der Waals surface area contributed by atoms with Crippen LogP contribution in [0.15, 0.2) is 0 Å². The maximum Gasteiger partial charge on any atom is 0.472 e. The van der Waals surface area contributed by atoms with Crippen LogP contribution >= 0.6 is 15.6 Å². The summed E-state index contributed by atoms with van der Waals surface area (Å²) in [5.41, 5.74) is 0. The highest BCUT2D eigenvalue weighted by atomic mass is 31.2. The molecule has 492 valence electrons. The van der Waals surface area contributed by atoms with Crippen LogP contribution in [0.1, 0.15) is 306 Å². The minimum Gasteiger partial charge on any atom is -0.462 e. The maximum absolute atomic E-state index is 13.0. The Balaban J connectivity index is 5.25. The zero-order valence-corrected chi connectivity index (χ0v) is 55.6. The summed E-state index contributed by atoms with van der Waals surface area (Å²) < 4.78 is 68.0. The van der Waals surface area contributed by atoms with Gasteiger partial charge in [-0.1, -0.05) is 254 Å². The highest BCUT2D eigenvalue weighted by molar-refractivity contribution is 7.47. The van der Waals surface area contributed by atoms with Crippen LogP contribution in [0.25, 0.3) is 0 Å². The highest BCUT2D eigenvalue weighted by Gasteiger charge is 2.30. The van der Waals surface area contributed by atoms with Crippen molar-refractivity contribution in [2.45, 2.75) is 324 Å². The summed E-state index contributed by atoms with van der Waals surface area (Å²) in [5, 5.41) is 10.5. The third-order valence-electron chi connectivity index (χ3n) is 14.9. The Morgan fingerprint density at radius 1 is 0.337 bits per heavy atom. The van der Waals surface area contributed by atoms with Gasteiger partial charge in [-0.3, -0.25) is 37.3 Å². The molecule has 0 bridgehead atoms. The molecule has 0 aliphatic rings. The van der Waals surface area contributed by atoms with Crippen molar-refractivity contribution in [1.29, 1.82) is 0 Å². The van der Waals surface area contributed by atoms with Gasteiger partial charge in [0.25, 0.3) is 0 Å². The summed E-state index contributed by atoms with van der Waals surface area (Å²) in [6.45, 7) is 13.9. The average Bonchev–Trinajstić information content (AvgIpc) is 3.44. The topological polar surface area (TPSA) is 237 Å². The molecule has 0 aromatic heterocycles. The first-order chi connectivity index (χ1) is 39.6. The fraction of sp³-hybridized carbons (Fsp3) is 0.938. The molecule has 0 saturated heterocycles. The van der Waals surface area contributed by atoms with Crippen molar-refractivity contribution in [3.8, 4) is 0 Å². The Labute approximate surface area is 505 Å². The number of phosphoric ester groups is 2. The van der Waals surface area contributed by atoms with Gasteiger partial charge in [-0.25, -0.2) is 9.13 Å². The van der Waals surface area contributed by atoms with Crippen molar-refractivity contribution in [3.63, 3.8) is 0 Å². The number of ether oxygens (including phenoxy) is 4. The summed E-state index contributed by atoms with van der Waals surface area (Å²) in [6.07, 6.45) is 33.7. The lowest BCUT2D eigenvalue weighted by atomic mass is 9.99. The lowest BCUT2D eigenvalue weighted by molar-refractivity contribution is -0.161. The molecule has 83 heavy (non-hydrogen) atoms. The quantitative estimate of drug-likeness (QED) is 0.0222. The number of phosphoric acid groups is 2. The first-order valence-corrected chi connectivity index (χ1v) is 36.2. The molecule has 0 aliphatic carbocycles. The summed E-state index contributed by atoms with van der Waals surface area (Å²) in [6, 6.07) is 0. The van der Waals surface area contributed by atoms with Crippen LogP contribution in [0.4, 0.5) is 0 Å². The summed E-state index contributed by atoms with van der Waals surface area (Å²) in [4.78, 5) is 72.2. The van der Waals surface area contributed by atoms with Crippen LogP contribution in [0.5, 0.6) is 0 Å².